The van der Waals surface area contributed by atoms with Crippen LogP contribution in [0.3, 0.4) is 0 Å². The molecular formula is C16H12N4O6. The van der Waals surface area contributed by atoms with Crippen LogP contribution in [0.1, 0.15) is 24.3 Å². The Hall–Kier alpha value is -3.82. The normalized spacial score (nSPS) is 16.0. The van der Waals surface area contributed by atoms with Gasteiger partial charge in [0, 0.05) is 42.3 Å². The smallest absolute Gasteiger partial charge is 0.270 e. The van der Waals surface area contributed by atoms with Crippen molar-refractivity contribution in [2.45, 2.75) is 13.2 Å². The summed E-state index contributed by atoms with van der Waals surface area (Å²) >= 11 is 0. The predicted molar refractivity (Wildman–Crippen MR) is 89.1 cm³/mol. The Morgan fingerprint density at radius 1 is 1.08 bits per heavy atom. The van der Waals surface area contributed by atoms with Gasteiger partial charge in [-0.3, -0.25) is 25.0 Å². The fourth-order valence-electron chi connectivity index (χ4n) is 2.41. The fraction of sp³-hybridized carbons (Fsp3) is 0.125. The number of rotatable bonds is 4. The molecule has 1 aliphatic heterocycles. The van der Waals surface area contributed by atoms with E-state index in [0.717, 1.165) is 5.01 Å². The number of non-ortho nitro benzene ring substituents is 2. The van der Waals surface area contributed by atoms with E-state index in [2.05, 4.69) is 5.10 Å². The molecule has 0 spiro atoms. The fourth-order valence-corrected chi connectivity index (χ4v) is 2.41. The van der Waals surface area contributed by atoms with Gasteiger partial charge in [-0.05, 0) is 18.2 Å². The Morgan fingerprint density at radius 2 is 1.73 bits per heavy atom. The van der Waals surface area contributed by atoms with E-state index < -0.39 is 22.0 Å². The van der Waals surface area contributed by atoms with Crippen molar-refractivity contribution in [3.8, 4) is 0 Å². The van der Waals surface area contributed by atoms with Crippen molar-refractivity contribution < 1.29 is 19.4 Å². The number of hydrogen-bond donors (Lipinski definition) is 0. The summed E-state index contributed by atoms with van der Waals surface area (Å²) in [6.45, 7) is 1.29. The van der Waals surface area contributed by atoms with Crippen LogP contribution < -0.4 is 0 Å². The van der Waals surface area contributed by atoms with E-state index >= 15 is 0 Å². The monoisotopic (exact) mass is 356 g/mol. The highest BCUT2D eigenvalue weighted by Gasteiger charge is 2.33. The lowest BCUT2D eigenvalue weighted by atomic mass is 10.1. The third-order valence-corrected chi connectivity index (χ3v) is 3.66. The summed E-state index contributed by atoms with van der Waals surface area (Å²) < 4.78 is 5.71. The molecule has 1 atom stereocenters. The minimum atomic E-state index is -0.914. The standard InChI is InChI=1S/C16H12N4O6/c1-10(21)18-16(11-5-7-13(8-6-11)19(22)23)26-15(17-18)12-3-2-4-14(9-12)20(24)25/h2-9,16H,1H3. The van der Waals surface area contributed by atoms with Crippen LogP contribution in [0.25, 0.3) is 0 Å². The molecule has 0 saturated carbocycles. The van der Waals surface area contributed by atoms with Crippen molar-refractivity contribution in [3.63, 3.8) is 0 Å². The SMILES string of the molecule is CC(=O)N1N=C(c2cccc([N+](=O)[O-])c2)OC1c1ccc([N+](=O)[O-])cc1. The zero-order chi connectivity index (χ0) is 18.8. The highest BCUT2D eigenvalue weighted by atomic mass is 16.6. The van der Waals surface area contributed by atoms with Gasteiger partial charge < -0.3 is 4.74 Å². The van der Waals surface area contributed by atoms with Gasteiger partial charge in [0.05, 0.1) is 9.85 Å². The third kappa shape index (κ3) is 3.20. The molecule has 1 heterocycles. The van der Waals surface area contributed by atoms with Crippen LogP contribution in [0.15, 0.2) is 53.6 Å². The lowest BCUT2D eigenvalue weighted by Gasteiger charge is -2.19. The first-order valence-electron chi connectivity index (χ1n) is 7.41. The molecule has 2 aromatic carbocycles. The minimum Gasteiger partial charge on any atom is -0.446 e. The Balaban J connectivity index is 1.93. The van der Waals surface area contributed by atoms with Crippen molar-refractivity contribution in [3.05, 3.63) is 79.9 Å². The molecule has 10 nitrogen and oxygen atoms in total. The molecule has 1 aliphatic rings. The van der Waals surface area contributed by atoms with Crippen LogP contribution in [0.2, 0.25) is 0 Å². The molecule has 0 bridgehead atoms. The number of nitro groups is 2. The van der Waals surface area contributed by atoms with E-state index in [1.54, 1.807) is 6.07 Å². The van der Waals surface area contributed by atoms with Gasteiger partial charge in [0.15, 0.2) is 0 Å². The van der Waals surface area contributed by atoms with Crippen molar-refractivity contribution >= 4 is 23.2 Å². The summed E-state index contributed by atoms with van der Waals surface area (Å²) in [5.41, 5.74) is 0.591. The molecule has 0 radical (unpaired) electrons. The molecule has 3 rings (SSSR count). The molecule has 0 fully saturated rings. The number of benzene rings is 2. The van der Waals surface area contributed by atoms with E-state index in [4.69, 9.17) is 4.74 Å². The third-order valence-electron chi connectivity index (χ3n) is 3.66. The number of nitrogens with zero attached hydrogens (tertiary/aromatic N) is 4. The van der Waals surface area contributed by atoms with Crippen LogP contribution >= 0.6 is 0 Å². The van der Waals surface area contributed by atoms with E-state index in [9.17, 15) is 25.0 Å². The van der Waals surface area contributed by atoms with Crippen molar-refractivity contribution in [1.29, 1.82) is 0 Å². The highest BCUT2D eigenvalue weighted by Crippen LogP contribution is 2.31. The van der Waals surface area contributed by atoms with E-state index in [1.165, 1.54) is 49.4 Å². The molecule has 0 saturated heterocycles. The average molecular weight is 356 g/mol. The van der Waals surface area contributed by atoms with Crippen LogP contribution in [-0.4, -0.2) is 26.7 Å². The maximum Gasteiger partial charge on any atom is 0.270 e. The lowest BCUT2D eigenvalue weighted by molar-refractivity contribution is -0.385. The second-order valence-electron chi connectivity index (χ2n) is 5.40. The molecule has 132 valence electrons. The Labute approximate surface area is 146 Å². The molecule has 2 aromatic rings. The number of amides is 1. The first kappa shape index (κ1) is 17.0. The summed E-state index contributed by atoms with van der Waals surface area (Å²) in [5, 5.41) is 26.9. The van der Waals surface area contributed by atoms with Crippen molar-refractivity contribution in [1.82, 2.24) is 5.01 Å². The maximum atomic E-state index is 11.9. The van der Waals surface area contributed by atoms with E-state index in [1.807, 2.05) is 0 Å². The second-order valence-corrected chi connectivity index (χ2v) is 5.40. The summed E-state index contributed by atoms with van der Waals surface area (Å²) in [4.78, 5) is 32.5. The van der Waals surface area contributed by atoms with Gasteiger partial charge in [-0.2, -0.15) is 5.01 Å². The second kappa shape index (κ2) is 6.59. The number of hydrogen-bond acceptors (Lipinski definition) is 7. The number of ether oxygens (including phenoxy) is 1. The summed E-state index contributed by atoms with van der Waals surface area (Å²) in [6.07, 6.45) is -0.914. The van der Waals surface area contributed by atoms with Gasteiger partial charge in [-0.25, -0.2) is 0 Å². The average Bonchev–Trinajstić information content (AvgIpc) is 3.07. The van der Waals surface area contributed by atoms with Gasteiger partial charge >= 0.3 is 0 Å². The molecule has 10 heteroatoms. The first-order valence-corrected chi connectivity index (χ1v) is 7.41. The van der Waals surface area contributed by atoms with Gasteiger partial charge in [0.25, 0.3) is 11.4 Å². The Kier molecular flexibility index (Phi) is 4.31. The van der Waals surface area contributed by atoms with Crippen LogP contribution in [0, 0.1) is 20.2 Å². The molecule has 0 aliphatic carbocycles. The first-order chi connectivity index (χ1) is 12.4. The minimum absolute atomic E-state index is 0.0484. The van der Waals surface area contributed by atoms with Crippen LogP contribution in [0.5, 0.6) is 0 Å². The number of carbonyl (C=O) groups is 1. The van der Waals surface area contributed by atoms with Gasteiger partial charge in [0.2, 0.25) is 18.0 Å². The van der Waals surface area contributed by atoms with E-state index in [-0.39, 0.29) is 17.3 Å². The maximum absolute atomic E-state index is 11.9. The molecule has 26 heavy (non-hydrogen) atoms. The summed E-state index contributed by atoms with van der Waals surface area (Å²) in [6, 6.07) is 11.2. The topological polar surface area (TPSA) is 128 Å². The highest BCUT2D eigenvalue weighted by molar-refractivity contribution is 5.96. The van der Waals surface area contributed by atoms with Crippen molar-refractivity contribution in [2.75, 3.05) is 0 Å². The Morgan fingerprint density at radius 3 is 2.31 bits per heavy atom. The van der Waals surface area contributed by atoms with Gasteiger partial charge in [0.1, 0.15) is 0 Å². The molecule has 1 unspecified atom stereocenters. The number of nitro benzene ring substituents is 2. The van der Waals surface area contributed by atoms with E-state index in [0.29, 0.717) is 11.1 Å². The number of carbonyl (C=O) groups excluding carboxylic acids is 1. The Bertz CT molecular complexity index is 925. The number of hydrazone groups is 1. The molecule has 0 aromatic heterocycles. The van der Waals surface area contributed by atoms with Crippen LogP contribution in [0.4, 0.5) is 11.4 Å². The molecule has 0 N–H and O–H groups in total. The lowest BCUT2D eigenvalue weighted by Crippen LogP contribution is -2.25. The predicted octanol–water partition coefficient (Wildman–Crippen LogP) is 2.74. The largest absolute Gasteiger partial charge is 0.446 e. The summed E-state index contributed by atoms with van der Waals surface area (Å²) in [5.74, 6) is -0.360. The zero-order valence-corrected chi connectivity index (χ0v) is 13.4. The van der Waals surface area contributed by atoms with Gasteiger partial charge in [-0.15, -0.1) is 5.10 Å². The quantitative estimate of drug-likeness (QED) is 0.612. The molecule has 1 amide bonds. The zero-order valence-electron chi connectivity index (χ0n) is 13.4. The summed E-state index contributed by atoms with van der Waals surface area (Å²) in [7, 11) is 0. The molecular weight excluding hydrogens is 344 g/mol. The van der Waals surface area contributed by atoms with Crippen LogP contribution in [-0.2, 0) is 9.53 Å². The van der Waals surface area contributed by atoms with Gasteiger partial charge in [-0.1, -0.05) is 6.07 Å². The van der Waals surface area contributed by atoms with Crippen molar-refractivity contribution in [2.24, 2.45) is 5.10 Å².